The van der Waals surface area contributed by atoms with Crippen LogP contribution in [0.4, 0.5) is 0 Å². The third-order valence-electron chi connectivity index (χ3n) is 2.53. The van der Waals surface area contributed by atoms with Crippen LogP contribution in [0.5, 0.6) is 0 Å². The van der Waals surface area contributed by atoms with E-state index in [-0.39, 0.29) is 13.1 Å². The molecule has 0 amide bonds. The second-order valence-electron chi connectivity index (χ2n) is 5.00. The van der Waals surface area contributed by atoms with Crippen LogP contribution < -0.4 is 11.5 Å². The Bertz CT molecular complexity index is 725. The van der Waals surface area contributed by atoms with Gasteiger partial charge < -0.3 is 37.0 Å². The van der Waals surface area contributed by atoms with Crippen LogP contribution in [-0.2, 0) is 39.4 Å². The van der Waals surface area contributed by atoms with Crippen LogP contribution in [0.2, 0.25) is 0 Å². The lowest BCUT2D eigenvalue weighted by Gasteiger charge is -2.04. The number of nitrogens with two attached hydrogens (primary N) is 2. The smallest absolute Gasteiger partial charge is 0.325 e. The van der Waals surface area contributed by atoms with Gasteiger partial charge >= 0.3 is 23.9 Å². The normalized spacial score (nSPS) is 13.0. The molecule has 19 heteroatoms. The standard InChI is InChI=1S/2C4H6O7S.C3H10N2O/c2*5-3(6)1-2(4(7)8)12(9,10)11;4-1-3(6)2-5/h2*2H,1H2,(H,5,6)(H,7,8)(H,9,10,11);3,6H,1-2,4-5H2. The molecule has 0 aliphatic rings. The number of hydrogen-bond acceptors (Lipinski definition) is 11. The Morgan fingerprint density at radius 3 is 0.933 bits per heavy atom. The molecule has 2 unspecified atom stereocenters. The number of hydrogen-bond donors (Lipinski definition) is 9. The van der Waals surface area contributed by atoms with E-state index in [9.17, 15) is 36.0 Å². The van der Waals surface area contributed by atoms with Gasteiger partial charge in [0, 0.05) is 13.1 Å². The fourth-order valence-corrected chi connectivity index (χ4v) is 2.27. The molecule has 0 aliphatic heterocycles. The minimum absolute atomic E-state index is 0.260. The van der Waals surface area contributed by atoms with Crippen molar-refractivity contribution in [3.05, 3.63) is 0 Å². The Hall–Kier alpha value is -2.42. The molecule has 30 heavy (non-hydrogen) atoms. The summed E-state index contributed by atoms with van der Waals surface area (Å²) in [6, 6.07) is 0. The average Bonchev–Trinajstić information content (AvgIpc) is 2.55. The molecule has 178 valence electrons. The van der Waals surface area contributed by atoms with Crippen molar-refractivity contribution in [2.45, 2.75) is 29.4 Å². The number of aliphatic carboxylic acids is 4. The van der Waals surface area contributed by atoms with Crippen molar-refractivity contribution in [3.63, 3.8) is 0 Å². The molecule has 17 nitrogen and oxygen atoms in total. The first kappa shape index (κ1) is 32.3. The highest BCUT2D eigenvalue weighted by atomic mass is 32.2. The molecule has 0 aromatic heterocycles. The topological polar surface area (TPSA) is 330 Å². The Balaban J connectivity index is -0.000000386. The minimum Gasteiger partial charge on any atom is -0.481 e. The summed E-state index contributed by atoms with van der Waals surface area (Å²) < 4.78 is 57.3. The van der Waals surface area contributed by atoms with E-state index in [1.807, 2.05) is 0 Å². The van der Waals surface area contributed by atoms with Crippen molar-refractivity contribution in [3.8, 4) is 0 Å². The molecule has 0 aromatic carbocycles. The number of carboxylic acid groups (broad SMARTS) is 4. The highest BCUT2D eigenvalue weighted by Crippen LogP contribution is 2.05. The molecule has 0 radical (unpaired) electrons. The summed E-state index contributed by atoms with van der Waals surface area (Å²) in [6.07, 6.45) is -2.83. The van der Waals surface area contributed by atoms with E-state index in [0.717, 1.165) is 0 Å². The molecule has 2 atom stereocenters. The molecular weight excluding hydrogens is 464 g/mol. The highest BCUT2D eigenvalue weighted by Gasteiger charge is 2.33. The summed E-state index contributed by atoms with van der Waals surface area (Å²) >= 11 is 0. The maximum atomic E-state index is 10.2. The Morgan fingerprint density at radius 1 is 0.667 bits per heavy atom. The van der Waals surface area contributed by atoms with Crippen LogP contribution >= 0.6 is 0 Å². The SMILES string of the molecule is NCC(O)CN.O=C(O)CC(C(=O)O)S(=O)(=O)O.O=C(O)CC(C(=O)O)S(=O)(=O)O. The summed E-state index contributed by atoms with van der Waals surface area (Å²) in [5.74, 6) is -7.00. The average molecular weight is 486 g/mol. The highest BCUT2D eigenvalue weighted by molar-refractivity contribution is 7.87. The van der Waals surface area contributed by atoms with E-state index in [1.165, 1.54) is 0 Å². The van der Waals surface area contributed by atoms with Crippen LogP contribution in [0.15, 0.2) is 0 Å². The van der Waals surface area contributed by atoms with E-state index in [4.69, 9.17) is 46.1 Å². The zero-order valence-electron chi connectivity index (χ0n) is 14.9. The van der Waals surface area contributed by atoms with Crippen molar-refractivity contribution in [1.82, 2.24) is 0 Å². The van der Waals surface area contributed by atoms with E-state index in [0.29, 0.717) is 0 Å². The predicted octanol–water partition coefficient (Wildman–Crippen LogP) is -4.13. The van der Waals surface area contributed by atoms with Crippen molar-refractivity contribution in [2.24, 2.45) is 11.5 Å². The number of carbonyl (C=O) groups is 4. The van der Waals surface area contributed by atoms with Gasteiger partial charge in [0.2, 0.25) is 0 Å². The predicted molar refractivity (Wildman–Crippen MR) is 94.6 cm³/mol. The van der Waals surface area contributed by atoms with E-state index >= 15 is 0 Å². The second-order valence-corrected chi connectivity index (χ2v) is 8.20. The van der Waals surface area contributed by atoms with Gasteiger partial charge in [0.25, 0.3) is 20.2 Å². The van der Waals surface area contributed by atoms with Gasteiger partial charge in [0.15, 0.2) is 10.5 Å². The molecule has 0 saturated carbocycles. The van der Waals surface area contributed by atoms with E-state index in [2.05, 4.69) is 0 Å². The largest absolute Gasteiger partial charge is 0.481 e. The van der Waals surface area contributed by atoms with E-state index < -0.39 is 73.6 Å². The van der Waals surface area contributed by atoms with Gasteiger partial charge in [-0.1, -0.05) is 0 Å². The lowest BCUT2D eigenvalue weighted by atomic mass is 10.3. The van der Waals surface area contributed by atoms with Crippen LogP contribution in [0.25, 0.3) is 0 Å². The summed E-state index contributed by atoms with van der Waals surface area (Å²) in [6.45, 7) is 0.521. The Labute approximate surface area is 169 Å². The molecule has 0 rings (SSSR count). The van der Waals surface area contributed by atoms with Crippen molar-refractivity contribution >= 4 is 44.1 Å². The first-order chi connectivity index (χ1) is 13.3. The van der Waals surface area contributed by atoms with Gasteiger partial charge in [-0.25, -0.2) is 0 Å². The van der Waals surface area contributed by atoms with Crippen molar-refractivity contribution < 1.29 is 70.7 Å². The molecule has 0 heterocycles. The summed E-state index contributed by atoms with van der Waals surface area (Å²) in [7, 11) is -9.68. The summed E-state index contributed by atoms with van der Waals surface area (Å²) in [5, 5.41) is 36.2. The van der Waals surface area contributed by atoms with Gasteiger partial charge in [0.05, 0.1) is 18.9 Å². The third-order valence-corrected chi connectivity index (χ3v) is 4.71. The molecule has 11 N–H and O–H groups in total. The van der Waals surface area contributed by atoms with Gasteiger partial charge in [-0.05, 0) is 0 Å². The lowest BCUT2D eigenvalue weighted by molar-refractivity contribution is -0.143. The molecular formula is C11H22N2O15S2. The van der Waals surface area contributed by atoms with Gasteiger partial charge in [0.1, 0.15) is 0 Å². The fraction of sp³-hybridized carbons (Fsp3) is 0.636. The summed E-state index contributed by atoms with van der Waals surface area (Å²) in [4.78, 5) is 40.0. The maximum absolute atomic E-state index is 10.2. The Morgan fingerprint density at radius 2 is 0.900 bits per heavy atom. The zero-order chi connectivity index (χ0) is 24.9. The van der Waals surface area contributed by atoms with E-state index in [1.54, 1.807) is 0 Å². The first-order valence-electron chi connectivity index (χ1n) is 7.21. The van der Waals surface area contributed by atoms with Crippen molar-refractivity contribution in [1.29, 1.82) is 0 Å². The summed E-state index contributed by atoms with van der Waals surface area (Å²) in [5.41, 5.74) is 9.91. The number of aliphatic hydroxyl groups is 1. The molecule has 0 saturated heterocycles. The molecule has 0 fully saturated rings. The molecule has 0 aromatic rings. The monoisotopic (exact) mass is 486 g/mol. The minimum atomic E-state index is -4.84. The van der Waals surface area contributed by atoms with Crippen LogP contribution in [0, 0.1) is 0 Å². The molecule has 0 bridgehead atoms. The van der Waals surface area contributed by atoms with Crippen LogP contribution in [0.3, 0.4) is 0 Å². The lowest BCUT2D eigenvalue weighted by Crippen LogP contribution is -2.31. The van der Waals surface area contributed by atoms with Crippen LogP contribution in [-0.4, -0.2) is 105 Å². The number of carboxylic acids is 4. The second kappa shape index (κ2) is 14.5. The maximum Gasteiger partial charge on any atom is 0.325 e. The first-order valence-corrected chi connectivity index (χ1v) is 10.2. The van der Waals surface area contributed by atoms with Gasteiger partial charge in [-0.3, -0.25) is 28.3 Å². The number of aliphatic hydroxyl groups excluding tert-OH is 1. The fourth-order valence-electron chi connectivity index (χ4n) is 1.05. The van der Waals surface area contributed by atoms with Gasteiger partial charge in [-0.2, -0.15) is 16.8 Å². The van der Waals surface area contributed by atoms with Crippen molar-refractivity contribution in [2.75, 3.05) is 13.1 Å². The third kappa shape index (κ3) is 17.7. The Kier molecular flexibility index (Phi) is 15.6. The van der Waals surface area contributed by atoms with Gasteiger partial charge in [-0.15, -0.1) is 0 Å². The van der Waals surface area contributed by atoms with Crippen LogP contribution in [0.1, 0.15) is 12.8 Å². The number of rotatable bonds is 10. The quantitative estimate of drug-likeness (QED) is 0.132. The molecule has 0 aliphatic carbocycles. The molecule has 0 spiro atoms. The zero-order valence-corrected chi connectivity index (χ0v) is 16.6.